The first kappa shape index (κ1) is 19.3. The van der Waals surface area contributed by atoms with Crippen molar-refractivity contribution in [3.63, 3.8) is 0 Å². The number of para-hydroxylation sites is 1. The molecule has 0 aliphatic carbocycles. The molecule has 9 heteroatoms. The van der Waals surface area contributed by atoms with E-state index in [4.69, 9.17) is 0 Å². The Kier molecular flexibility index (Phi) is 5.37. The average molecular weight is 406 g/mol. The Balaban J connectivity index is 1.37. The van der Waals surface area contributed by atoms with Gasteiger partial charge < -0.3 is 4.90 Å². The summed E-state index contributed by atoms with van der Waals surface area (Å²) < 4.78 is 27.6. The molecule has 0 saturated carbocycles. The van der Waals surface area contributed by atoms with Gasteiger partial charge in [-0.05, 0) is 43.7 Å². The Labute approximate surface area is 165 Å². The molecule has 3 heterocycles. The number of carbonyl (C=O) groups is 1. The number of benzene rings is 1. The second-order valence-corrected chi connectivity index (χ2v) is 9.83. The van der Waals surface area contributed by atoms with Crippen LogP contribution in [0.4, 0.5) is 0 Å². The zero-order valence-corrected chi connectivity index (χ0v) is 17.0. The standard InChI is InChI=1S/C19H27N5O3S/c1-28(26,27)24-11-5-4-7-17(24)15-9-12-22(13-10-15)19(25)14-23-18-8-3-2-6-16(18)20-21-23/h2-3,6,8,15,17H,4-5,7,9-14H2,1H3/t17-/m1/s1. The normalized spacial score (nSPS) is 22.6. The number of carbonyl (C=O) groups excluding carboxylic acids is 1. The van der Waals surface area contributed by atoms with Crippen molar-refractivity contribution in [3.05, 3.63) is 24.3 Å². The van der Waals surface area contributed by atoms with Gasteiger partial charge in [0.15, 0.2) is 0 Å². The third-order valence-corrected chi connectivity index (χ3v) is 7.37. The number of aromatic nitrogens is 3. The maximum Gasteiger partial charge on any atom is 0.244 e. The highest BCUT2D eigenvalue weighted by Crippen LogP contribution is 2.32. The van der Waals surface area contributed by atoms with E-state index in [0.717, 1.165) is 43.1 Å². The summed E-state index contributed by atoms with van der Waals surface area (Å²) in [7, 11) is -3.18. The minimum atomic E-state index is -3.18. The highest BCUT2D eigenvalue weighted by atomic mass is 32.2. The Morgan fingerprint density at radius 3 is 2.61 bits per heavy atom. The Morgan fingerprint density at radius 1 is 1.11 bits per heavy atom. The minimum absolute atomic E-state index is 0.0396. The van der Waals surface area contributed by atoms with Gasteiger partial charge in [-0.15, -0.1) is 5.10 Å². The summed E-state index contributed by atoms with van der Waals surface area (Å²) >= 11 is 0. The van der Waals surface area contributed by atoms with Gasteiger partial charge in [0.05, 0.1) is 11.8 Å². The van der Waals surface area contributed by atoms with Crippen LogP contribution in [0.25, 0.3) is 11.0 Å². The van der Waals surface area contributed by atoms with Gasteiger partial charge in [0.2, 0.25) is 15.9 Å². The van der Waals surface area contributed by atoms with Crippen molar-refractivity contribution in [1.29, 1.82) is 0 Å². The fourth-order valence-electron chi connectivity index (χ4n) is 4.61. The summed E-state index contributed by atoms with van der Waals surface area (Å²) in [6, 6.07) is 7.69. The summed E-state index contributed by atoms with van der Waals surface area (Å²) in [5, 5.41) is 8.20. The van der Waals surface area contributed by atoms with Crippen LogP contribution in [-0.2, 0) is 21.4 Å². The van der Waals surface area contributed by atoms with E-state index in [1.807, 2.05) is 29.2 Å². The van der Waals surface area contributed by atoms with Crippen molar-refractivity contribution in [2.24, 2.45) is 5.92 Å². The molecule has 2 aromatic rings. The van der Waals surface area contributed by atoms with Gasteiger partial charge in [0.25, 0.3) is 0 Å². The van der Waals surface area contributed by atoms with E-state index in [-0.39, 0.29) is 18.5 Å². The smallest absolute Gasteiger partial charge is 0.244 e. The van der Waals surface area contributed by atoms with Crippen molar-refractivity contribution in [3.8, 4) is 0 Å². The third kappa shape index (κ3) is 3.91. The minimum Gasteiger partial charge on any atom is -0.341 e. The summed E-state index contributed by atoms with van der Waals surface area (Å²) in [4.78, 5) is 14.6. The third-order valence-electron chi connectivity index (χ3n) is 6.07. The Morgan fingerprint density at radius 2 is 1.86 bits per heavy atom. The summed E-state index contributed by atoms with van der Waals surface area (Å²) in [5.74, 6) is 0.365. The van der Waals surface area contributed by atoms with Gasteiger partial charge in [-0.1, -0.05) is 23.8 Å². The molecular weight excluding hydrogens is 378 g/mol. The van der Waals surface area contributed by atoms with Crippen LogP contribution in [0.3, 0.4) is 0 Å². The molecule has 8 nitrogen and oxygen atoms in total. The molecule has 1 aromatic heterocycles. The summed E-state index contributed by atoms with van der Waals surface area (Å²) in [5.41, 5.74) is 1.64. The average Bonchev–Trinajstić information content (AvgIpc) is 3.10. The molecule has 2 fully saturated rings. The predicted molar refractivity (Wildman–Crippen MR) is 106 cm³/mol. The first-order valence-electron chi connectivity index (χ1n) is 9.96. The Hall–Kier alpha value is -2.00. The number of amides is 1. The van der Waals surface area contributed by atoms with Gasteiger partial charge in [-0.3, -0.25) is 4.79 Å². The van der Waals surface area contributed by atoms with Crippen molar-refractivity contribution in [2.45, 2.75) is 44.7 Å². The van der Waals surface area contributed by atoms with Crippen LogP contribution in [0.2, 0.25) is 0 Å². The van der Waals surface area contributed by atoms with Crippen molar-refractivity contribution >= 4 is 27.0 Å². The largest absolute Gasteiger partial charge is 0.341 e. The fourth-order valence-corrected chi connectivity index (χ4v) is 5.84. The lowest BCUT2D eigenvalue weighted by molar-refractivity contribution is -0.133. The van der Waals surface area contributed by atoms with Crippen LogP contribution >= 0.6 is 0 Å². The van der Waals surface area contributed by atoms with Crippen LogP contribution in [0, 0.1) is 5.92 Å². The van der Waals surface area contributed by atoms with Gasteiger partial charge in [0.1, 0.15) is 12.1 Å². The molecule has 2 saturated heterocycles. The van der Waals surface area contributed by atoms with Crippen molar-refractivity contribution in [2.75, 3.05) is 25.9 Å². The number of likely N-dealkylation sites (tertiary alicyclic amines) is 1. The topological polar surface area (TPSA) is 88.4 Å². The molecular formula is C19H27N5O3S. The van der Waals surface area contributed by atoms with Gasteiger partial charge in [-0.2, -0.15) is 4.31 Å². The molecule has 0 unspecified atom stereocenters. The van der Waals surface area contributed by atoms with Crippen LogP contribution in [-0.4, -0.2) is 70.5 Å². The van der Waals surface area contributed by atoms with Crippen molar-refractivity contribution in [1.82, 2.24) is 24.2 Å². The van der Waals surface area contributed by atoms with Gasteiger partial charge >= 0.3 is 0 Å². The maximum atomic E-state index is 12.7. The number of rotatable bonds is 4. The molecule has 2 aliphatic heterocycles. The second-order valence-electron chi connectivity index (χ2n) is 7.89. The van der Waals surface area contributed by atoms with E-state index < -0.39 is 10.0 Å². The van der Waals surface area contributed by atoms with Crippen LogP contribution in [0.1, 0.15) is 32.1 Å². The van der Waals surface area contributed by atoms with Crippen molar-refractivity contribution < 1.29 is 13.2 Å². The number of fused-ring (bicyclic) bond motifs is 1. The predicted octanol–water partition coefficient (Wildman–Crippen LogP) is 1.48. The lowest BCUT2D eigenvalue weighted by atomic mass is 9.85. The number of hydrogen-bond donors (Lipinski definition) is 0. The van der Waals surface area contributed by atoms with E-state index in [1.54, 1.807) is 8.99 Å². The molecule has 0 spiro atoms. The Bertz CT molecular complexity index is 949. The SMILES string of the molecule is CS(=O)(=O)N1CCCC[C@@H]1C1CCN(C(=O)Cn2nnc3ccccc32)CC1. The number of piperidine rings is 2. The van der Waals surface area contributed by atoms with E-state index in [1.165, 1.54) is 6.26 Å². The molecule has 1 atom stereocenters. The van der Waals surface area contributed by atoms with Crippen LogP contribution in [0.15, 0.2) is 24.3 Å². The molecule has 28 heavy (non-hydrogen) atoms. The van der Waals surface area contributed by atoms with E-state index in [0.29, 0.717) is 25.6 Å². The molecule has 152 valence electrons. The lowest BCUT2D eigenvalue weighted by Gasteiger charge is -2.42. The molecule has 0 bridgehead atoms. The maximum absolute atomic E-state index is 12.7. The quantitative estimate of drug-likeness (QED) is 0.769. The zero-order valence-electron chi connectivity index (χ0n) is 16.2. The monoisotopic (exact) mass is 405 g/mol. The number of nitrogens with zero attached hydrogens (tertiary/aromatic N) is 5. The molecule has 0 N–H and O–H groups in total. The highest BCUT2D eigenvalue weighted by molar-refractivity contribution is 7.88. The molecule has 0 radical (unpaired) electrons. The van der Waals surface area contributed by atoms with Crippen LogP contribution in [0.5, 0.6) is 0 Å². The van der Waals surface area contributed by atoms with Gasteiger partial charge in [-0.25, -0.2) is 13.1 Å². The number of hydrogen-bond acceptors (Lipinski definition) is 5. The van der Waals surface area contributed by atoms with Gasteiger partial charge in [0, 0.05) is 25.7 Å². The number of sulfonamides is 1. The summed E-state index contributed by atoms with van der Waals surface area (Å²) in [6.07, 6.45) is 5.95. The molecule has 4 rings (SSSR count). The first-order chi connectivity index (χ1) is 13.4. The van der Waals surface area contributed by atoms with E-state index in [9.17, 15) is 13.2 Å². The van der Waals surface area contributed by atoms with Crippen LogP contribution < -0.4 is 0 Å². The lowest BCUT2D eigenvalue weighted by Crippen LogP contribution is -2.50. The fraction of sp³-hybridized carbons (Fsp3) is 0.632. The molecule has 2 aliphatic rings. The molecule has 1 aromatic carbocycles. The first-order valence-corrected chi connectivity index (χ1v) is 11.8. The molecule has 1 amide bonds. The zero-order chi connectivity index (χ0) is 19.7. The summed E-state index contributed by atoms with van der Waals surface area (Å²) in [6.45, 7) is 2.15. The second kappa shape index (κ2) is 7.79. The highest BCUT2D eigenvalue weighted by Gasteiger charge is 2.37. The van der Waals surface area contributed by atoms with E-state index in [2.05, 4.69) is 10.3 Å². The van der Waals surface area contributed by atoms with E-state index >= 15 is 0 Å².